The number of aromatic amines is 1. The van der Waals surface area contributed by atoms with Crippen LogP contribution in [0.5, 0.6) is 0 Å². The minimum absolute atomic E-state index is 0.595. The van der Waals surface area contributed by atoms with E-state index in [0.29, 0.717) is 12.1 Å². The molecule has 1 aliphatic rings. The molecular weight excluding hydrogens is 260 g/mol. The van der Waals surface area contributed by atoms with Crippen LogP contribution in [0.3, 0.4) is 0 Å². The molecule has 0 bridgehead atoms. The molecule has 3 rings (SSSR count). The Kier molecular flexibility index (Phi) is 4.25. The molecule has 1 aromatic carbocycles. The van der Waals surface area contributed by atoms with Gasteiger partial charge in [0.15, 0.2) is 0 Å². The highest BCUT2D eigenvalue weighted by molar-refractivity contribution is 5.62. The summed E-state index contributed by atoms with van der Waals surface area (Å²) >= 11 is 0. The van der Waals surface area contributed by atoms with E-state index in [1.807, 2.05) is 6.20 Å². The summed E-state index contributed by atoms with van der Waals surface area (Å²) in [7, 11) is 0. The third-order valence-corrected chi connectivity index (χ3v) is 4.32. The summed E-state index contributed by atoms with van der Waals surface area (Å²) in [4.78, 5) is 9.75. The second-order valence-electron chi connectivity index (χ2n) is 6.09. The van der Waals surface area contributed by atoms with E-state index in [1.54, 1.807) is 6.33 Å². The van der Waals surface area contributed by atoms with E-state index >= 15 is 0 Å². The highest BCUT2D eigenvalue weighted by Gasteiger charge is 2.20. The standard InChI is InChI=1S/C17H24N4/c1-13(2)21-9-7-16(8-10-21)20-15-5-3-14(4-6-15)17-11-18-12-19-17/h3-6,11-13,16,20H,7-10H2,1-2H3,(H,18,19). The molecule has 0 atom stereocenters. The molecule has 0 unspecified atom stereocenters. The summed E-state index contributed by atoms with van der Waals surface area (Å²) in [5, 5.41) is 3.66. The quantitative estimate of drug-likeness (QED) is 0.905. The summed E-state index contributed by atoms with van der Waals surface area (Å²) in [5.41, 5.74) is 3.45. The van der Waals surface area contributed by atoms with E-state index in [2.05, 4.69) is 58.3 Å². The van der Waals surface area contributed by atoms with E-state index < -0.39 is 0 Å². The topological polar surface area (TPSA) is 44.0 Å². The molecule has 0 radical (unpaired) electrons. The Morgan fingerprint density at radius 1 is 1.19 bits per heavy atom. The second-order valence-corrected chi connectivity index (χ2v) is 6.09. The average Bonchev–Trinajstić information content (AvgIpc) is 3.03. The molecule has 0 saturated carbocycles. The van der Waals surface area contributed by atoms with Crippen LogP contribution in [0.15, 0.2) is 36.8 Å². The zero-order valence-corrected chi connectivity index (χ0v) is 12.8. The van der Waals surface area contributed by atoms with E-state index in [4.69, 9.17) is 0 Å². The maximum Gasteiger partial charge on any atom is 0.0924 e. The summed E-state index contributed by atoms with van der Waals surface area (Å²) < 4.78 is 0. The van der Waals surface area contributed by atoms with Gasteiger partial charge in [-0.25, -0.2) is 4.98 Å². The van der Waals surface area contributed by atoms with Crippen molar-refractivity contribution in [1.82, 2.24) is 14.9 Å². The molecule has 1 saturated heterocycles. The predicted octanol–water partition coefficient (Wildman–Crippen LogP) is 3.36. The molecule has 2 N–H and O–H groups in total. The number of aromatic nitrogens is 2. The van der Waals surface area contributed by atoms with Gasteiger partial charge in [0.1, 0.15) is 0 Å². The van der Waals surface area contributed by atoms with E-state index in [9.17, 15) is 0 Å². The molecule has 2 heterocycles. The van der Waals surface area contributed by atoms with Gasteiger partial charge in [0, 0.05) is 30.9 Å². The van der Waals surface area contributed by atoms with Crippen molar-refractivity contribution >= 4 is 5.69 Å². The maximum atomic E-state index is 4.06. The molecule has 112 valence electrons. The minimum atomic E-state index is 0.595. The Labute approximate surface area is 126 Å². The van der Waals surface area contributed by atoms with Gasteiger partial charge >= 0.3 is 0 Å². The lowest BCUT2D eigenvalue weighted by molar-refractivity contribution is 0.177. The minimum Gasteiger partial charge on any atom is -0.382 e. The van der Waals surface area contributed by atoms with Crippen molar-refractivity contribution in [3.8, 4) is 11.3 Å². The SMILES string of the molecule is CC(C)N1CCC(Nc2ccc(-c3cnc[nH]3)cc2)CC1. The molecule has 2 aromatic rings. The molecule has 0 amide bonds. The molecular formula is C17H24N4. The molecule has 1 aliphatic heterocycles. The number of piperidine rings is 1. The number of benzene rings is 1. The van der Waals surface area contributed by atoms with Gasteiger partial charge < -0.3 is 15.2 Å². The Bertz CT molecular complexity index is 537. The Balaban J connectivity index is 1.57. The smallest absolute Gasteiger partial charge is 0.0924 e. The number of imidazole rings is 1. The first kappa shape index (κ1) is 14.1. The maximum absolute atomic E-state index is 4.06. The van der Waals surface area contributed by atoms with Gasteiger partial charge in [0.2, 0.25) is 0 Å². The summed E-state index contributed by atoms with van der Waals surface area (Å²) in [5.74, 6) is 0. The molecule has 4 nitrogen and oxygen atoms in total. The van der Waals surface area contributed by atoms with Gasteiger partial charge in [0.05, 0.1) is 18.2 Å². The van der Waals surface area contributed by atoms with Gasteiger partial charge in [-0.3, -0.25) is 0 Å². The van der Waals surface area contributed by atoms with Gasteiger partial charge in [-0.2, -0.15) is 0 Å². The first-order valence-electron chi connectivity index (χ1n) is 7.82. The van der Waals surface area contributed by atoms with E-state index in [-0.39, 0.29) is 0 Å². The summed E-state index contributed by atoms with van der Waals surface area (Å²) in [6, 6.07) is 9.85. The number of anilines is 1. The third kappa shape index (κ3) is 3.45. The van der Waals surface area contributed by atoms with Crippen molar-refractivity contribution in [2.24, 2.45) is 0 Å². The monoisotopic (exact) mass is 284 g/mol. The molecule has 1 aromatic heterocycles. The first-order chi connectivity index (χ1) is 10.2. The molecule has 0 aliphatic carbocycles. The van der Waals surface area contributed by atoms with Gasteiger partial charge in [-0.1, -0.05) is 12.1 Å². The number of rotatable bonds is 4. The van der Waals surface area contributed by atoms with Crippen LogP contribution in [0, 0.1) is 0 Å². The van der Waals surface area contributed by atoms with E-state index in [0.717, 1.165) is 5.69 Å². The van der Waals surface area contributed by atoms with Crippen LogP contribution >= 0.6 is 0 Å². The largest absolute Gasteiger partial charge is 0.382 e. The van der Waals surface area contributed by atoms with Crippen LogP contribution in [-0.4, -0.2) is 40.0 Å². The number of likely N-dealkylation sites (tertiary alicyclic amines) is 1. The third-order valence-electron chi connectivity index (χ3n) is 4.32. The molecule has 21 heavy (non-hydrogen) atoms. The highest BCUT2D eigenvalue weighted by atomic mass is 15.2. The fraction of sp³-hybridized carbons (Fsp3) is 0.471. The lowest BCUT2D eigenvalue weighted by Gasteiger charge is -2.35. The highest BCUT2D eigenvalue weighted by Crippen LogP contribution is 2.21. The number of nitrogens with one attached hydrogen (secondary N) is 2. The number of H-pyrrole nitrogens is 1. The second kappa shape index (κ2) is 6.31. The summed E-state index contributed by atoms with van der Waals surface area (Å²) in [6.45, 7) is 6.95. The lowest BCUT2D eigenvalue weighted by atomic mass is 10.0. The normalized spacial score (nSPS) is 17.3. The van der Waals surface area contributed by atoms with Crippen LogP contribution in [-0.2, 0) is 0 Å². The van der Waals surface area contributed by atoms with Crippen molar-refractivity contribution in [2.45, 2.75) is 38.8 Å². The zero-order valence-electron chi connectivity index (χ0n) is 12.8. The van der Waals surface area contributed by atoms with Crippen LogP contribution in [0.2, 0.25) is 0 Å². The van der Waals surface area contributed by atoms with Crippen molar-refractivity contribution in [1.29, 1.82) is 0 Å². The van der Waals surface area contributed by atoms with Crippen molar-refractivity contribution in [3.63, 3.8) is 0 Å². The number of hydrogen-bond donors (Lipinski definition) is 2. The van der Waals surface area contributed by atoms with Crippen molar-refractivity contribution in [2.75, 3.05) is 18.4 Å². The van der Waals surface area contributed by atoms with Gasteiger partial charge in [-0.05, 0) is 44.4 Å². The first-order valence-corrected chi connectivity index (χ1v) is 7.82. The Morgan fingerprint density at radius 3 is 2.48 bits per heavy atom. The van der Waals surface area contributed by atoms with Gasteiger partial charge in [0.25, 0.3) is 0 Å². The molecule has 1 fully saturated rings. The Morgan fingerprint density at radius 2 is 1.90 bits per heavy atom. The van der Waals surface area contributed by atoms with Crippen LogP contribution in [0.25, 0.3) is 11.3 Å². The fourth-order valence-electron chi connectivity index (χ4n) is 2.96. The van der Waals surface area contributed by atoms with E-state index in [1.165, 1.54) is 37.2 Å². The average molecular weight is 284 g/mol. The van der Waals surface area contributed by atoms with Crippen LogP contribution in [0.4, 0.5) is 5.69 Å². The number of hydrogen-bond acceptors (Lipinski definition) is 3. The zero-order chi connectivity index (χ0) is 14.7. The van der Waals surface area contributed by atoms with Crippen molar-refractivity contribution < 1.29 is 0 Å². The molecule has 0 spiro atoms. The lowest BCUT2D eigenvalue weighted by Crippen LogP contribution is -2.42. The number of nitrogens with zero attached hydrogens (tertiary/aromatic N) is 2. The van der Waals surface area contributed by atoms with Gasteiger partial charge in [-0.15, -0.1) is 0 Å². The van der Waals surface area contributed by atoms with Crippen LogP contribution in [0.1, 0.15) is 26.7 Å². The predicted molar refractivity (Wildman–Crippen MR) is 87.4 cm³/mol. The fourth-order valence-corrected chi connectivity index (χ4v) is 2.96. The van der Waals surface area contributed by atoms with Crippen molar-refractivity contribution in [3.05, 3.63) is 36.8 Å². The Hall–Kier alpha value is -1.81. The van der Waals surface area contributed by atoms with Crippen LogP contribution < -0.4 is 5.32 Å². The molecule has 4 heteroatoms. The summed E-state index contributed by atoms with van der Waals surface area (Å²) in [6.07, 6.45) is 6.01.